The summed E-state index contributed by atoms with van der Waals surface area (Å²) in [7, 11) is 1.46. The van der Waals surface area contributed by atoms with E-state index in [-0.39, 0.29) is 55.7 Å². The molecule has 0 radical (unpaired) electrons. The summed E-state index contributed by atoms with van der Waals surface area (Å²) in [5.41, 5.74) is -0.982. The number of carbonyl (C=O) groups excluding carboxylic acids is 4. The number of hydrogen-bond acceptors (Lipinski definition) is 5. The lowest BCUT2D eigenvalue weighted by Gasteiger charge is -2.35. The van der Waals surface area contributed by atoms with Gasteiger partial charge in [-0.2, -0.15) is 0 Å². The maximum atomic E-state index is 14.9. The number of nitrogens with zero attached hydrogens (tertiary/aromatic N) is 2. The molecule has 2 saturated heterocycles. The fraction of sp³-hybridized carbons (Fsp3) is 0.407. The number of ether oxygens (including phenoxy) is 1. The quantitative estimate of drug-likeness (QED) is 0.429. The molecule has 0 aromatic heterocycles. The molecule has 35 heavy (non-hydrogen) atoms. The van der Waals surface area contributed by atoms with E-state index in [1.165, 1.54) is 25.3 Å². The molecule has 0 unspecified atom stereocenters. The number of rotatable bonds is 8. The summed E-state index contributed by atoms with van der Waals surface area (Å²) in [6, 6.07) is 14.7. The average Bonchev–Trinajstić information content (AvgIpc) is 3.12. The SMILES string of the molecule is COCCN1C(=O)C[C@@](CC(=O)N2CCC[C@H](C(=O)c3ccccc3)C2)(c2ccccc2F)C1=O. The van der Waals surface area contributed by atoms with Crippen molar-refractivity contribution >= 4 is 23.5 Å². The Kier molecular flexibility index (Phi) is 7.40. The minimum absolute atomic E-state index is 0.0234. The molecule has 2 aromatic carbocycles. The van der Waals surface area contributed by atoms with Gasteiger partial charge in [-0.3, -0.25) is 24.1 Å². The zero-order valence-corrected chi connectivity index (χ0v) is 19.7. The van der Waals surface area contributed by atoms with Crippen LogP contribution in [0.15, 0.2) is 54.6 Å². The Labute approximate surface area is 203 Å². The number of methoxy groups -OCH3 is 1. The van der Waals surface area contributed by atoms with Gasteiger partial charge in [-0.25, -0.2) is 4.39 Å². The Morgan fingerprint density at radius 1 is 1.09 bits per heavy atom. The molecule has 2 heterocycles. The normalized spacial score (nSPS) is 22.5. The highest BCUT2D eigenvalue weighted by Gasteiger charge is 2.55. The minimum atomic E-state index is -1.62. The molecule has 2 fully saturated rings. The van der Waals surface area contributed by atoms with Gasteiger partial charge in [-0.15, -0.1) is 0 Å². The summed E-state index contributed by atoms with van der Waals surface area (Å²) < 4.78 is 20.0. The van der Waals surface area contributed by atoms with Gasteiger partial charge in [0.05, 0.1) is 18.6 Å². The molecule has 0 N–H and O–H groups in total. The van der Waals surface area contributed by atoms with E-state index in [1.54, 1.807) is 35.2 Å². The predicted molar refractivity (Wildman–Crippen MR) is 126 cm³/mol. The number of likely N-dealkylation sites (tertiary alicyclic amines) is 2. The van der Waals surface area contributed by atoms with Gasteiger partial charge in [0.15, 0.2) is 5.78 Å². The molecule has 7 nitrogen and oxygen atoms in total. The van der Waals surface area contributed by atoms with E-state index in [2.05, 4.69) is 0 Å². The first-order valence-corrected chi connectivity index (χ1v) is 11.8. The molecule has 2 aliphatic heterocycles. The van der Waals surface area contributed by atoms with Crippen molar-refractivity contribution in [3.63, 3.8) is 0 Å². The highest BCUT2D eigenvalue weighted by atomic mass is 19.1. The van der Waals surface area contributed by atoms with Gasteiger partial charge in [-0.05, 0) is 18.9 Å². The highest BCUT2D eigenvalue weighted by molar-refractivity contribution is 6.10. The van der Waals surface area contributed by atoms with Gasteiger partial charge in [0.2, 0.25) is 17.7 Å². The van der Waals surface area contributed by atoms with Crippen molar-refractivity contribution in [2.45, 2.75) is 31.1 Å². The highest BCUT2D eigenvalue weighted by Crippen LogP contribution is 2.41. The van der Waals surface area contributed by atoms with Crippen LogP contribution in [0.4, 0.5) is 4.39 Å². The topological polar surface area (TPSA) is 84.0 Å². The van der Waals surface area contributed by atoms with Crippen LogP contribution in [0.1, 0.15) is 41.6 Å². The summed E-state index contributed by atoms with van der Waals surface area (Å²) in [5, 5.41) is 0. The van der Waals surface area contributed by atoms with E-state index in [0.29, 0.717) is 24.9 Å². The lowest BCUT2D eigenvalue weighted by Crippen LogP contribution is -2.47. The molecular formula is C27H29FN2O5. The van der Waals surface area contributed by atoms with Crippen LogP contribution in [0, 0.1) is 11.7 Å². The Hall–Kier alpha value is -3.39. The molecule has 184 valence electrons. The van der Waals surface area contributed by atoms with Crippen LogP contribution < -0.4 is 0 Å². The molecule has 0 bridgehead atoms. The number of benzene rings is 2. The van der Waals surface area contributed by atoms with Crippen LogP contribution in [-0.4, -0.2) is 66.7 Å². The number of hydrogen-bond donors (Lipinski definition) is 0. The third-order valence-corrected chi connectivity index (χ3v) is 6.97. The van der Waals surface area contributed by atoms with E-state index in [9.17, 15) is 23.6 Å². The number of ketones is 1. The number of carbonyl (C=O) groups is 4. The van der Waals surface area contributed by atoms with Crippen molar-refractivity contribution in [1.29, 1.82) is 0 Å². The Morgan fingerprint density at radius 2 is 1.80 bits per heavy atom. The molecule has 0 spiro atoms. The third-order valence-electron chi connectivity index (χ3n) is 6.97. The maximum absolute atomic E-state index is 14.9. The summed E-state index contributed by atoms with van der Waals surface area (Å²) in [6.07, 6.45) is 0.684. The minimum Gasteiger partial charge on any atom is -0.383 e. The first kappa shape index (κ1) is 24.7. The molecule has 4 rings (SSSR count). The second-order valence-corrected chi connectivity index (χ2v) is 9.17. The Bertz CT molecular complexity index is 1120. The Balaban J connectivity index is 1.59. The first-order chi connectivity index (χ1) is 16.9. The lowest BCUT2D eigenvalue weighted by atomic mass is 9.75. The zero-order valence-electron chi connectivity index (χ0n) is 19.7. The van der Waals surface area contributed by atoms with Gasteiger partial charge < -0.3 is 9.64 Å². The van der Waals surface area contributed by atoms with Crippen LogP contribution in [-0.2, 0) is 24.5 Å². The van der Waals surface area contributed by atoms with Crippen molar-refractivity contribution in [3.05, 3.63) is 71.5 Å². The second kappa shape index (κ2) is 10.5. The Morgan fingerprint density at radius 3 is 2.51 bits per heavy atom. The largest absolute Gasteiger partial charge is 0.383 e. The summed E-state index contributed by atoms with van der Waals surface area (Å²) >= 11 is 0. The molecule has 8 heteroatoms. The van der Waals surface area contributed by atoms with E-state index >= 15 is 0 Å². The molecular weight excluding hydrogens is 451 g/mol. The first-order valence-electron chi connectivity index (χ1n) is 11.8. The smallest absolute Gasteiger partial charge is 0.241 e. The number of piperidine rings is 1. The van der Waals surface area contributed by atoms with E-state index in [4.69, 9.17) is 4.74 Å². The van der Waals surface area contributed by atoms with Gasteiger partial charge in [0.25, 0.3) is 0 Å². The standard InChI is InChI=1S/C27H29FN2O5/c1-35-15-14-30-24(32)17-27(26(30)34,21-11-5-6-12-22(21)28)16-23(31)29-13-7-10-20(18-29)25(33)19-8-3-2-4-9-19/h2-6,8-9,11-12,20H,7,10,13-18H2,1H3/t20-,27-/m0/s1. The fourth-order valence-electron chi connectivity index (χ4n) is 5.13. The zero-order chi connectivity index (χ0) is 25.0. The number of imide groups is 1. The maximum Gasteiger partial charge on any atom is 0.241 e. The number of Topliss-reactive ketones (excluding diaryl/α,β-unsaturated/α-hetero) is 1. The van der Waals surface area contributed by atoms with Crippen molar-refractivity contribution < 1.29 is 28.3 Å². The van der Waals surface area contributed by atoms with Crippen molar-refractivity contribution in [2.75, 3.05) is 33.4 Å². The summed E-state index contributed by atoms with van der Waals surface area (Å²) in [6.45, 7) is 0.861. The van der Waals surface area contributed by atoms with Crippen LogP contribution >= 0.6 is 0 Å². The number of amides is 3. The molecule has 0 saturated carbocycles. The van der Waals surface area contributed by atoms with Gasteiger partial charge in [0.1, 0.15) is 5.82 Å². The summed E-state index contributed by atoms with van der Waals surface area (Å²) in [4.78, 5) is 55.5. The molecule has 3 amide bonds. The van der Waals surface area contributed by atoms with E-state index in [0.717, 1.165) is 4.90 Å². The van der Waals surface area contributed by atoms with Crippen LogP contribution in [0.25, 0.3) is 0 Å². The van der Waals surface area contributed by atoms with Crippen molar-refractivity contribution in [1.82, 2.24) is 9.80 Å². The predicted octanol–water partition coefficient (Wildman–Crippen LogP) is 2.98. The monoisotopic (exact) mass is 480 g/mol. The van der Waals surface area contributed by atoms with Gasteiger partial charge >= 0.3 is 0 Å². The van der Waals surface area contributed by atoms with Gasteiger partial charge in [0, 0.05) is 50.1 Å². The lowest BCUT2D eigenvalue weighted by molar-refractivity contribution is -0.143. The second-order valence-electron chi connectivity index (χ2n) is 9.17. The van der Waals surface area contributed by atoms with E-state index in [1.807, 2.05) is 6.07 Å². The van der Waals surface area contributed by atoms with Crippen LogP contribution in [0.3, 0.4) is 0 Å². The summed E-state index contributed by atoms with van der Waals surface area (Å²) in [5.74, 6) is -2.42. The molecule has 2 atom stereocenters. The van der Waals surface area contributed by atoms with Crippen molar-refractivity contribution in [2.24, 2.45) is 5.92 Å². The fourth-order valence-corrected chi connectivity index (χ4v) is 5.13. The number of halogens is 1. The van der Waals surface area contributed by atoms with Gasteiger partial charge in [-0.1, -0.05) is 48.5 Å². The van der Waals surface area contributed by atoms with E-state index < -0.39 is 23.0 Å². The average molecular weight is 481 g/mol. The van der Waals surface area contributed by atoms with Crippen LogP contribution in [0.2, 0.25) is 0 Å². The molecule has 0 aliphatic carbocycles. The van der Waals surface area contributed by atoms with Crippen molar-refractivity contribution in [3.8, 4) is 0 Å². The van der Waals surface area contributed by atoms with Crippen LogP contribution in [0.5, 0.6) is 0 Å². The third kappa shape index (κ3) is 4.89. The molecule has 2 aliphatic rings. The molecule has 2 aromatic rings.